The van der Waals surface area contributed by atoms with Gasteiger partial charge in [-0.3, -0.25) is 0 Å². The molecular formula is C18H21N. The Balaban J connectivity index is 1.75. The first-order valence-electron chi connectivity index (χ1n) is 7.12. The number of nitrogens with one attached hydrogen (secondary N) is 1. The Morgan fingerprint density at radius 3 is 2.37 bits per heavy atom. The van der Waals surface area contributed by atoms with Gasteiger partial charge in [-0.1, -0.05) is 30.3 Å². The van der Waals surface area contributed by atoms with Crippen LogP contribution in [0.15, 0.2) is 42.5 Å². The standard InChI is InChI=1S/C18H21N/c1-13-9-14(2)11-18(10-13)19-17-8-7-15-5-3-4-6-16(15)12-17/h3-6,9-11,17,19H,7-8,12H2,1-2H3. The minimum atomic E-state index is 0.566. The molecule has 19 heavy (non-hydrogen) atoms. The van der Waals surface area contributed by atoms with E-state index in [1.807, 2.05) is 0 Å². The van der Waals surface area contributed by atoms with Crippen molar-refractivity contribution in [3.63, 3.8) is 0 Å². The second kappa shape index (κ2) is 5.08. The number of anilines is 1. The van der Waals surface area contributed by atoms with Gasteiger partial charge in [0.2, 0.25) is 0 Å². The minimum absolute atomic E-state index is 0.566. The molecule has 1 aliphatic rings. The number of hydrogen-bond donors (Lipinski definition) is 1. The molecule has 2 aromatic rings. The van der Waals surface area contributed by atoms with Crippen LogP contribution >= 0.6 is 0 Å². The third kappa shape index (κ3) is 2.81. The summed E-state index contributed by atoms with van der Waals surface area (Å²) in [4.78, 5) is 0. The molecule has 0 spiro atoms. The summed E-state index contributed by atoms with van der Waals surface area (Å²) in [5.41, 5.74) is 6.97. The number of fused-ring (bicyclic) bond motifs is 1. The zero-order valence-electron chi connectivity index (χ0n) is 11.7. The van der Waals surface area contributed by atoms with Gasteiger partial charge in [0.25, 0.3) is 0 Å². The molecule has 1 aliphatic carbocycles. The number of benzene rings is 2. The molecule has 1 N–H and O–H groups in total. The van der Waals surface area contributed by atoms with Gasteiger partial charge >= 0.3 is 0 Å². The first-order chi connectivity index (χ1) is 9.20. The third-order valence-corrected chi connectivity index (χ3v) is 3.94. The zero-order valence-corrected chi connectivity index (χ0v) is 11.7. The van der Waals surface area contributed by atoms with Crippen molar-refractivity contribution in [2.45, 2.75) is 39.2 Å². The van der Waals surface area contributed by atoms with E-state index in [-0.39, 0.29) is 0 Å². The van der Waals surface area contributed by atoms with E-state index in [1.165, 1.54) is 40.8 Å². The predicted octanol–water partition coefficient (Wildman–Crippen LogP) is 4.27. The summed E-state index contributed by atoms with van der Waals surface area (Å²) < 4.78 is 0. The molecule has 0 heterocycles. The summed E-state index contributed by atoms with van der Waals surface area (Å²) in [6.07, 6.45) is 3.56. The zero-order chi connectivity index (χ0) is 13.2. The van der Waals surface area contributed by atoms with Crippen LogP contribution in [0.3, 0.4) is 0 Å². The topological polar surface area (TPSA) is 12.0 Å². The molecule has 1 unspecified atom stereocenters. The summed E-state index contributed by atoms with van der Waals surface area (Å²) in [6.45, 7) is 4.32. The van der Waals surface area contributed by atoms with Gasteiger partial charge in [-0.05, 0) is 67.5 Å². The number of hydrogen-bond acceptors (Lipinski definition) is 1. The van der Waals surface area contributed by atoms with E-state index in [0.717, 1.165) is 6.42 Å². The molecule has 0 bridgehead atoms. The van der Waals surface area contributed by atoms with E-state index < -0.39 is 0 Å². The second-order valence-electron chi connectivity index (χ2n) is 5.73. The van der Waals surface area contributed by atoms with Crippen molar-refractivity contribution in [2.75, 3.05) is 5.32 Å². The number of rotatable bonds is 2. The van der Waals surface area contributed by atoms with Crippen molar-refractivity contribution in [3.05, 3.63) is 64.7 Å². The maximum atomic E-state index is 3.70. The lowest BCUT2D eigenvalue weighted by atomic mass is 9.88. The highest BCUT2D eigenvalue weighted by Gasteiger charge is 2.17. The Hall–Kier alpha value is -1.76. The van der Waals surface area contributed by atoms with E-state index in [2.05, 4.69) is 61.6 Å². The maximum Gasteiger partial charge on any atom is 0.0347 e. The molecular weight excluding hydrogens is 230 g/mol. The van der Waals surface area contributed by atoms with E-state index in [9.17, 15) is 0 Å². The average Bonchev–Trinajstić information content (AvgIpc) is 2.37. The molecule has 1 nitrogen and oxygen atoms in total. The lowest BCUT2D eigenvalue weighted by Gasteiger charge is -2.26. The molecule has 3 rings (SSSR count). The molecule has 0 radical (unpaired) electrons. The summed E-state index contributed by atoms with van der Waals surface area (Å²) >= 11 is 0. The van der Waals surface area contributed by atoms with Crippen LogP contribution in [0, 0.1) is 13.8 Å². The molecule has 98 valence electrons. The highest BCUT2D eigenvalue weighted by atomic mass is 14.9. The Labute approximate surface area is 115 Å². The van der Waals surface area contributed by atoms with Gasteiger partial charge in [0.1, 0.15) is 0 Å². The molecule has 1 heteroatoms. The molecule has 0 aliphatic heterocycles. The van der Waals surface area contributed by atoms with Crippen LogP contribution in [0.4, 0.5) is 5.69 Å². The Morgan fingerprint density at radius 2 is 1.63 bits per heavy atom. The lowest BCUT2D eigenvalue weighted by molar-refractivity contribution is 0.611. The lowest BCUT2D eigenvalue weighted by Crippen LogP contribution is -2.27. The maximum absolute atomic E-state index is 3.70. The first kappa shape index (κ1) is 12.3. The molecule has 0 amide bonds. The summed E-state index contributed by atoms with van der Waals surface area (Å²) in [5.74, 6) is 0. The molecule has 0 saturated heterocycles. The second-order valence-corrected chi connectivity index (χ2v) is 5.73. The van der Waals surface area contributed by atoms with Crippen LogP contribution in [0.25, 0.3) is 0 Å². The predicted molar refractivity (Wildman–Crippen MR) is 81.8 cm³/mol. The summed E-state index contributed by atoms with van der Waals surface area (Å²) in [7, 11) is 0. The van der Waals surface area contributed by atoms with Crippen molar-refractivity contribution in [2.24, 2.45) is 0 Å². The van der Waals surface area contributed by atoms with E-state index in [1.54, 1.807) is 0 Å². The van der Waals surface area contributed by atoms with Gasteiger partial charge in [-0.2, -0.15) is 0 Å². The van der Waals surface area contributed by atoms with Gasteiger partial charge in [0.05, 0.1) is 0 Å². The van der Waals surface area contributed by atoms with Crippen molar-refractivity contribution >= 4 is 5.69 Å². The SMILES string of the molecule is Cc1cc(C)cc(NC2CCc3ccccc3C2)c1. The van der Waals surface area contributed by atoms with Gasteiger partial charge in [0, 0.05) is 11.7 Å². The normalized spacial score (nSPS) is 17.9. The summed E-state index contributed by atoms with van der Waals surface area (Å²) in [6, 6.07) is 16.1. The van der Waals surface area contributed by atoms with Crippen molar-refractivity contribution in [1.29, 1.82) is 0 Å². The fraction of sp³-hybridized carbons (Fsp3) is 0.333. The molecule has 0 fully saturated rings. The largest absolute Gasteiger partial charge is 0.382 e. The van der Waals surface area contributed by atoms with Crippen LogP contribution in [-0.4, -0.2) is 6.04 Å². The third-order valence-electron chi connectivity index (χ3n) is 3.94. The van der Waals surface area contributed by atoms with E-state index in [0.29, 0.717) is 6.04 Å². The van der Waals surface area contributed by atoms with Gasteiger partial charge in [-0.25, -0.2) is 0 Å². The van der Waals surface area contributed by atoms with E-state index >= 15 is 0 Å². The van der Waals surface area contributed by atoms with Gasteiger partial charge in [-0.15, -0.1) is 0 Å². The van der Waals surface area contributed by atoms with Gasteiger partial charge < -0.3 is 5.32 Å². The highest BCUT2D eigenvalue weighted by molar-refractivity contribution is 5.49. The summed E-state index contributed by atoms with van der Waals surface area (Å²) in [5, 5.41) is 3.70. The van der Waals surface area contributed by atoms with Crippen molar-refractivity contribution < 1.29 is 0 Å². The molecule has 1 atom stereocenters. The molecule has 2 aromatic carbocycles. The van der Waals surface area contributed by atoms with Crippen LogP contribution in [0.5, 0.6) is 0 Å². The van der Waals surface area contributed by atoms with Crippen molar-refractivity contribution in [3.8, 4) is 0 Å². The van der Waals surface area contributed by atoms with Gasteiger partial charge in [0.15, 0.2) is 0 Å². The monoisotopic (exact) mass is 251 g/mol. The number of aryl methyl sites for hydroxylation is 3. The quantitative estimate of drug-likeness (QED) is 0.840. The average molecular weight is 251 g/mol. The first-order valence-corrected chi connectivity index (χ1v) is 7.12. The smallest absolute Gasteiger partial charge is 0.0347 e. The highest BCUT2D eigenvalue weighted by Crippen LogP contribution is 2.24. The van der Waals surface area contributed by atoms with Crippen molar-refractivity contribution in [1.82, 2.24) is 0 Å². The Morgan fingerprint density at radius 1 is 0.947 bits per heavy atom. The Bertz CT molecular complexity index is 566. The van der Waals surface area contributed by atoms with Crippen LogP contribution in [0.1, 0.15) is 28.7 Å². The van der Waals surface area contributed by atoms with Crippen LogP contribution in [0.2, 0.25) is 0 Å². The fourth-order valence-corrected chi connectivity index (χ4v) is 3.11. The molecule has 0 aromatic heterocycles. The minimum Gasteiger partial charge on any atom is -0.382 e. The van der Waals surface area contributed by atoms with Crippen LogP contribution in [-0.2, 0) is 12.8 Å². The fourth-order valence-electron chi connectivity index (χ4n) is 3.11. The van der Waals surface area contributed by atoms with E-state index in [4.69, 9.17) is 0 Å². The van der Waals surface area contributed by atoms with Crippen LogP contribution < -0.4 is 5.32 Å². The molecule has 0 saturated carbocycles. The Kier molecular flexibility index (Phi) is 3.29.